The third kappa shape index (κ3) is 7.05. The molecule has 0 radical (unpaired) electrons. The van der Waals surface area contributed by atoms with Crippen LogP contribution in [-0.4, -0.2) is 77.9 Å². The lowest BCUT2D eigenvalue weighted by molar-refractivity contribution is -0.117. The number of rotatable bonds is 8. The van der Waals surface area contributed by atoms with Crippen LogP contribution in [0.3, 0.4) is 0 Å². The van der Waals surface area contributed by atoms with Crippen molar-refractivity contribution in [3.05, 3.63) is 41.2 Å². The van der Waals surface area contributed by atoms with Crippen molar-refractivity contribution in [2.24, 2.45) is 0 Å². The van der Waals surface area contributed by atoms with E-state index in [0.717, 1.165) is 37.5 Å². The number of carbonyl (C=O) groups excluding carboxylic acids is 1. The predicted molar refractivity (Wildman–Crippen MR) is 124 cm³/mol. The highest BCUT2D eigenvalue weighted by Crippen LogP contribution is 2.27. The maximum absolute atomic E-state index is 12.2. The van der Waals surface area contributed by atoms with Crippen molar-refractivity contribution in [1.82, 2.24) is 15.0 Å². The first kappa shape index (κ1) is 24.2. The van der Waals surface area contributed by atoms with Gasteiger partial charge in [-0.1, -0.05) is 38.1 Å². The number of aliphatic hydroxyl groups is 1. The van der Waals surface area contributed by atoms with Crippen molar-refractivity contribution in [3.8, 4) is 5.75 Å². The van der Waals surface area contributed by atoms with Crippen LogP contribution in [0, 0.1) is 13.8 Å². The fourth-order valence-corrected chi connectivity index (χ4v) is 3.76. The lowest BCUT2D eigenvalue weighted by Gasteiger charge is -2.35. The number of anilines is 1. The molecular formula is C24H36N4O4. The number of ether oxygens (including phenoxy) is 1. The van der Waals surface area contributed by atoms with Gasteiger partial charge in [0, 0.05) is 38.8 Å². The molecule has 1 atom stereocenters. The molecule has 8 nitrogen and oxygen atoms in total. The van der Waals surface area contributed by atoms with Crippen molar-refractivity contribution in [2.75, 3.05) is 51.2 Å². The molecule has 0 saturated carbocycles. The maximum atomic E-state index is 12.2. The van der Waals surface area contributed by atoms with Crippen LogP contribution in [0.1, 0.15) is 37.7 Å². The standard InChI is InChI=1S/C24H36N4O4/c1-17-12-19(24(3,4)5)6-7-21(17)31-16-20(29)14-27-8-10-28(11-9-27)15-23(30)25-22-13-18(2)32-26-22/h6-7,12-13,20,29H,8-11,14-16H2,1-5H3,(H,25,26,30). The van der Waals surface area contributed by atoms with E-state index in [-0.39, 0.29) is 17.9 Å². The summed E-state index contributed by atoms with van der Waals surface area (Å²) in [7, 11) is 0. The Labute approximate surface area is 190 Å². The summed E-state index contributed by atoms with van der Waals surface area (Å²) in [6, 6.07) is 7.93. The normalized spacial score (nSPS) is 16.7. The minimum Gasteiger partial charge on any atom is -0.491 e. The predicted octanol–water partition coefficient (Wildman–Crippen LogP) is 2.58. The van der Waals surface area contributed by atoms with Crippen LogP contribution in [0.5, 0.6) is 5.75 Å². The lowest BCUT2D eigenvalue weighted by Crippen LogP contribution is -2.50. The lowest BCUT2D eigenvalue weighted by atomic mass is 9.86. The molecule has 0 spiro atoms. The Morgan fingerprint density at radius 2 is 1.88 bits per heavy atom. The average Bonchev–Trinajstić information content (AvgIpc) is 3.12. The Morgan fingerprint density at radius 1 is 1.19 bits per heavy atom. The molecule has 1 unspecified atom stereocenters. The molecule has 3 rings (SSSR count). The molecule has 2 N–H and O–H groups in total. The number of hydrogen-bond donors (Lipinski definition) is 2. The molecule has 1 aliphatic heterocycles. The Bertz CT molecular complexity index is 898. The molecule has 1 aromatic carbocycles. The zero-order valence-electron chi connectivity index (χ0n) is 19.9. The summed E-state index contributed by atoms with van der Waals surface area (Å²) < 4.78 is 10.8. The van der Waals surface area contributed by atoms with E-state index in [9.17, 15) is 9.90 Å². The van der Waals surface area contributed by atoms with Crippen LogP contribution in [0.2, 0.25) is 0 Å². The van der Waals surface area contributed by atoms with Gasteiger partial charge in [-0.05, 0) is 36.5 Å². The average molecular weight is 445 g/mol. The second-order valence-corrected chi connectivity index (χ2v) is 9.64. The summed E-state index contributed by atoms with van der Waals surface area (Å²) >= 11 is 0. The van der Waals surface area contributed by atoms with Gasteiger partial charge in [-0.2, -0.15) is 0 Å². The van der Waals surface area contributed by atoms with Crippen LogP contribution in [0.4, 0.5) is 5.82 Å². The number of aryl methyl sites for hydroxylation is 2. The van der Waals surface area contributed by atoms with Gasteiger partial charge in [-0.25, -0.2) is 0 Å². The highest BCUT2D eigenvalue weighted by atomic mass is 16.5. The van der Waals surface area contributed by atoms with Crippen molar-refractivity contribution in [3.63, 3.8) is 0 Å². The van der Waals surface area contributed by atoms with Crippen LogP contribution >= 0.6 is 0 Å². The zero-order chi connectivity index (χ0) is 23.3. The minimum absolute atomic E-state index is 0.0980. The molecule has 0 aliphatic carbocycles. The van der Waals surface area contributed by atoms with Crippen molar-refractivity contribution in [1.29, 1.82) is 0 Å². The van der Waals surface area contributed by atoms with E-state index in [1.54, 1.807) is 13.0 Å². The van der Waals surface area contributed by atoms with Gasteiger partial charge in [0.2, 0.25) is 5.91 Å². The monoisotopic (exact) mass is 444 g/mol. The minimum atomic E-state index is -0.568. The first-order valence-corrected chi connectivity index (χ1v) is 11.2. The number of aliphatic hydroxyl groups excluding tert-OH is 1. The molecule has 32 heavy (non-hydrogen) atoms. The van der Waals surface area contributed by atoms with Crippen LogP contribution in [0.25, 0.3) is 0 Å². The number of hydrogen-bond acceptors (Lipinski definition) is 7. The molecule has 1 fully saturated rings. The van der Waals surface area contributed by atoms with Crippen molar-refractivity contribution < 1.29 is 19.2 Å². The first-order valence-electron chi connectivity index (χ1n) is 11.2. The summed E-state index contributed by atoms with van der Waals surface area (Å²) in [6.07, 6.45) is -0.568. The van der Waals surface area contributed by atoms with E-state index in [1.807, 2.05) is 13.0 Å². The van der Waals surface area contributed by atoms with Gasteiger partial charge in [0.25, 0.3) is 0 Å². The number of β-amino-alcohol motifs (C(OH)–C–C–N with tert-alkyl or cyclic N) is 1. The topological polar surface area (TPSA) is 91.1 Å². The quantitative estimate of drug-likeness (QED) is 0.647. The van der Waals surface area contributed by atoms with Gasteiger partial charge >= 0.3 is 0 Å². The summed E-state index contributed by atoms with van der Waals surface area (Å²) in [4.78, 5) is 16.5. The third-order valence-corrected chi connectivity index (χ3v) is 5.67. The van der Waals surface area contributed by atoms with E-state index in [1.165, 1.54) is 5.56 Å². The molecule has 8 heteroatoms. The Morgan fingerprint density at radius 3 is 2.47 bits per heavy atom. The number of nitrogens with zero attached hydrogens (tertiary/aromatic N) is 3. The molecule has 1 amide bonds. The fourth-order valence-electron chi connectivity index (χ4n) is 3.76. The summed E-state index contributed by atoms with van der Waals surface area (Å²) in [5.74, 6) is 1.81. The number of nitrogens with one attached hydrogen (secondary N) is 1. The van der Waals surface area contributed by atoms with Crippen LogP contribution in [-0.2, 0) is 10.2 Å². The fraction of sp³-hybridized carbons (Fsp3) is 0.583. The second kappa shape index (κ2) is 10.5. The van der Waals surface area contributed by atoms with Gasteiger partial charge in [0.15, 0.2) is 5.82 Å². The van der Waals surface area contributed by atoms with Crippen LogP contribution in [0.15, 0.2) is 28.8 Å². The second-order valence-electron chi connectivity index (χ2n) is 9.64. The molecule has 0 bridgehead atoms. The molecule has 176 valence electrons. The van der Waals surface area contributed by atoms with E-state index in [4.69, 9.17) is 9.26 Å². The number of carbonyl (C=O) groups is 1. The van der Waals surface area contributed by atoms with E-state index < -0.39 is 6.10 Å². The maximum Gasteiger partial charge on any atom is 0.239 e. The molecule has 1 aliphatic rings. The molecule has 1 aromatic heterocycles. The van der Waals surface area contributed by atoms with Crippen molar-refractivity contribution >= 4 is 11.7 Å². The molecule has 2 heterocycles. The summed E-state index contributed by atoms with van der Waals surface area (Å²) in [5, 5.41) is 17.0. The third-order valence-electron chi connectivity index (χ3n) is 5.67. The zero-order valence-corrected chi connectivity index (χ0v) is 19.9. The highest BCUT2D eigenvalue weighted by Gasteiger charge is 2.22. The summed E-state index contributed by atoms with van der Waals surface area (Å²) in [5.41, 5.74) is 2.45. The van der Waals surface area contributed by atoms with Crippen molar-refractivity contribution in [2.45, 2.75) is 46.1 Å². The number of benzene rings is 1. The van der Waals surface area contributed by atoms with Gasteiger partial charge in [0.1, 0.15) is 24.2 Å². The Kier molecular flexibility index (Phi) is 7.92. The number of aromatic nitrogens is 1. The molecule has 2 aromatic rings. The Balaban J connectivity index is 1.37. The first-order chi connectivity index (χ1) is 15.1. The van der Waals surface area contributed by atoms with Gasteiger partial charge in [-0.3, -0.25) is 14.6 Å². The van der Waals surface area contributed by atoms with Gasteiger partial charge < -0.3 is 19.7 Å². The van der Waals surface area contributed by atoms with Crippen LogP contribution < -0.4 is 10.1 Å². The van der Waals surface area contributed by atoms with E-state index in [0.29, 0.717) is 24.7 Å². The smallest absolute Gasteiger partial charge is 0.239 e. The number of amides is 1. The molecule has 1 saturated heterocycles. The van der Waals surface area contributed by atoms with E-state index in [2.05, 4.69) is 53.2 Å². The number of piperazine rings is 1. The highest BCUT2D eigenvalue weighted by molar-refractivity contribution is 5.91. The van der Waals surface area contributed by atoms with Gasteiger partial charge in [0.05, 0.1) is 6.54 Å². The molecular weight excluding hydrogens is 408 g/mol. The SMILES string of the molecule is Cc1cc(NC(=O)CN2CCN(CC(O)COc3ccc(C(C)(C)C)cc3C)CC2)no1. The summed E-state index contributed by atoms with van der Waals surface area (Å²) in [6.45, 7) is 14.7. The van der Waals surface area contributed by atoms with E-state index >= 15 is 0 Å². The van der Waals surface area contributed by atoms with Gasteiger partial charge in [-0.15, -0.1) is 0 Å². The Hall–Kier alpha value is -2.42. The largest absolute Gasteiger partial charge is 0.491 e.